The first-order valence-corrected chi connectivity index (χ1v) is 10.1. The van der Waals surface area contributed by atoms with Crippen LogP contribution in [0.5, 0.6) is 0 Å². The molecule has 0 rings (SSSR count). The average molecular weight is 259 g/mol. The third-order valence-electron chi connectivity index (χ3n) is 1.82. The van der Waals surface area contributed by atoms with Crippen LogP contribution < -0.4 is 0 Å². The van der Waals surface area contributed by atoms with Crippen molar-refractivity contribution >= 4 is 19.8 Å². The Morgan fingerprint density at radius 2 is 1.55 bits per heavy atom. The molecule has 0 saturated heterocycles. The van der Waals surface area contributed by atoms with E-state index in [1.54, 1.807) is 0 Å². The Labute approximate surface area is 77.5 Å². The number of hydrogen-bond donors (Lipinski definition) is 0. The summed E-state index contributed by atoms with van der Waals surface area (Å²) in [4.78, 5) is 0. The van der Waals surface area contributed by atoms with Crippen LogP contribution in [0.4, 0.5) is 0 Å². The van der Waals surface area contributed by atoms with Gasteiger partial charge in [0, 0.05) is 0 Å². The maximum atomic E-state index is 8.82. The summed E-state index contributed by atoms with van der Waals surface area (Å²) in [7, 11) is 0. The van der Waals surface area contributed by atoms with Gasteiger partial charge in [-0.1, -0.05) is 0 Å². The normalized spacial score (nSPS) is 10.0. The van der Waals surface area contributed by atoms with Gasteiger partial charge in [0.25, 0.3) is 0 Å². The molecule has 0 spiro atoms. The number of nitrogens with zero attached hydrogens (tertiary/aromatic N) is 1. The number of rotatable bonds is 6. The summed E-state index contributed by atoms with van der Waals surface area (Å²) in [5, 5.41) is 8.82. The molecule has 0 aliphatic heterocycles. The third-order valence-corrected chi connectivity index (χ3v) is 8.19. The molecule has 2 heteroatoms. The van der Waals surface area contributed by atoms with Crippen molar-refractivity contribution in [2.45, 2.75) is 48.4 Å². The van der Waals surface area contributed by atoms with Gasteiger partial charge in [0.05, 0.1) is 0 Å². The van der Waals surface area contributed by atoms with E-state index < -0.39 is 19.8 Å². The zero-order valence-electron chi connectivity index (χ0n) is 7.69. The van der Waals surface area contributed by atoms with E-state index in [1.165, 1.54) is 34.6 Å². The predicted molar refractivity (Wildman–Crippen MR) is 50.8 cm³/mol. The van der Waals surface area contributed by atoms with E-state index in [4.69, 9.17) is 5.26 Å². The Morgan fingerprint density at radius 1 is 1.09 bits per heavy atom. The zero-order chi connectivity index (χ0) is 8.53. The average Bonchev–Trinajstić information content (AvgIpc) is 2.05. The molecule has 0 aliphatic carbocycles. The van der Waals surface area contributed by atoms with Crippen LogP contribution in [-0.2, 0) is 0 Å². The summed E-state index contributed by atoms with van der Waals surface area (Å²) in [6, 6.07) is 0. The molecule has 1 nitrogen and oxygen atoms in total. The third kappa shape index (κ3) is 6.68. The molecule has 0 aromatic rings. The summed E-state index contributed by atoms with van der Waals surface area (Å²) in [6.07, 6.45) is 5.12. The maximum absolute atomic E-state index is 8.82. The molecule has 0 amide bonds. The van der Waals surface area contributed by atoms with Crippen LogP contribution in [0.15, 0.2) is 0 Å². The van der Waals surface area contributed by atoms with Crippen molar-refractivity contribution in [3.63, 3.8) is 0 Å². The van der Waals surface area contributed by atoms with Crippen molar-refractivity contribution in [1.29, 1.82) is 5.26 Å². The van der Waals surface area contributed by atoms with E-state index in [9.17, 15) is 0 Å². The molecule has 0 aliphatic rings. The number of hydrogen-bond acceptors (Lipinski definition) is 1. The van der Waals surface area contributed by atoms with Crippen LogP contribution in [0.1, 0.15) is 39.5 Å². The van der Waals surface area contributed by atoms with Crippen LogP contribution in [0.25, 0.3) is 0 Å². The van der Waals surface area contributed by atoms with Gasteiger partial charge in [-0.3, -0.25) is 0 Å². The minimum absolute atomic E-state index is 1.26. The summed E-state index contributed by atoms with van der Waals surface area (Å²) in [6.45, 7) is 4.41. The molecule has 0 saturated carbocycles. The van der Waals surface area contributed by atoms with E-state index in [-0.39, 0.29) is 0 Å². The minimum atomic E-state index is -1.47. The summed E-state index contributed by atoms with van der Waals surface area (Å²) in [5.41, 5.74) is 0. The Bertz CT molecular complexity index is 109. The fourth-order valence-electron chi connectivity index (χ4n) is 1.02. The molecule has 63 valence electrons. The van der Waals surface area contributed by atoms with E-state index >= 15 is 0 Å². The van der Waals surface area contributed by atoms with Crippen LogP contribution >= 0.6 is 0 Å². The Balaban J connectivity index is 3.35. The van der Waals surface area contributed by atoms with Gasteiger partial charge in [0.2, 0.25) is 0 Å². The molecule has 0 bridgehead atoms. The summed E-state index contributed by atoms with van der Waals surface area (Å²) >= 11 is -1.47. The van der Waals surface area contributed by atoms with Gasteiger partial charge in [-0.25, -0.2) is 0 Å². The molecule has 0 atom stereocenters. The van der Waals surface area contributed by atoms with Gasteiger partial charge in [-0.05, 0) is 0 Å². The van der Waals surface area contributed by atoms with Crippen molar-refractivity contribution in [1.82, 2.24) is 0 Å². The van der Waals surface area contributed by atoms with Crippen LogP contribution in [0, 0.1) is 9.35 Å². The number of unbranched alkanes of at least 4 members (excludes halogenated alkanes) is 2. The van der Waals surface area contributed by atoms with Crippen molar-refractivity contribution < 1.29 is 0 Å². The van der Waals surface area contributed by atoms with Gasteiger partial charge >= 0.3 is 77.5 Å². The molecular formula is C9H18NSn. The molecule has 0 aromatic carbocycles. The molecule has 0 unspecified atom stereocenters. The Morgan fingerprint density at radius 3 is 1.82 bits per heavy atom. The van der Waals surface area contributed by atoms with Crippen LogP contribution in [-0.4, -0.2) is 19.8 Å². The molecule has 0 heterocycles. The molecule has 1 radical (unpaired) electrons. The fourth-order valence-corrected chi connectivity index (χ4v) is 6.82. The molecule has 11 heavy (non-hydrogen) atoms. The van der Waals surface area contributed by atoms with E-state index in [2.05, 4.69) is 17.9 Å². The topological polar surface area (TPSA) is 23.8 Å². The standard InChI is InChI=1S/2C4H9.CN.Sn/c2*1-3-4-2;1-2;/h2*1,3-4H2,2H3;;. The van der Waals surface area contributed by atoms with Crippen molar-refractivity contribution in [2.24, 2.45) is 0 Å². The summed E-state index contributed by atoms with van der Waals surface area (Å²) < 4.78 is 5.17. The van der Waals surface area contributed by atoms with Gasteiger partial charge in [0.1, 0.15) is 0 Å². The second kappa shape index (κ2) is 8.39. The number of nitriles is 1. The van der Waals surface area contributed by atoms with Gasteiger partial charge < -0.3 is 0 Å². The SMILES string of the molecule is CCC[CH2][Sn]([C]#N)[CH2]CCC. The summed E-state index contributed by atoms with van der Waals surface area (Å²) in [5.74, 6) is 0. The fraction of sp³-hybridized carbons (Fsp3) is 0.889. The quantitative estimate of drug-likeness (QED) is 0.672. The van der Waals surface area contributed by atoms with Crippen molar-refractivity contribution in [3.8, 4) is 4.09 Å². The first kappa shape index (κ1) is 11.3. The molecule has 0 fully saturated rings. The van der Waals surface area contributed by atoms with Crippen molar-refractivity contribution in [3.05, 3.63) is 0 Å². The van der Waals surface area contributed by atoms with E-state index in [1.807, 2.05) is 0 Å². The zero-order valence-corrected chi connectivity index (χ0v) is 10.5. The second-order valence-electron chi connectivity index (χ2n) is 2.92. The van der Waals surface area contributed by atoms with Crippen LogP contribution in [0.3, 0.4) is 0 Å². The Kier molecular flexibility index (Phi) is 8.61. The first-order valence-electron chi connectivity index (χ1n) is 4.59. The van der Waals surface area contributed by atoms with E-state index in [0.717, 1.165) is 0 Å². The van der Waals surface area contributed by atoms with Gasteiger partial charge in [-0.15, -0.1) is 0 Å². The Hall–Kier alpha value is 0.289. The monoisotopic (exact) mass is 260 g/mol. The van der Waals surface area contributed by atoms with Crippen LogP contribution in [0.2, 0.25) is 8.87 Å². The molecular weight excluding hydrogens is 241 g/mol. The second-order valence-corrected chi connectivity index (χ2v) is 9.86. The predicted octanol–water partition coefficient (Wildman–Crippen LogP) is 3.14. The molecule has 0 aromatic heterocycles. The molecule has 0 N–H and O–H groups in total. The van der Waals surface area contributed by atoms with Gasteiger partial charge in [0.15, 0.2) is 0 Å². The van der Waals surface area contributed by atoms with E-state index in [0.29, 0.717) is 0 Å². The van der Waals surface area contributed by atoms with Crippen molar-refractivity contribution in [2.75, 3.05) is 0 Å². The first-order chi connectivity index (χ1) is 5.35. The van der Waals surface area contributed by atoms with Gasteiger partial charge in [-0.2, -0.15) is 0 Å².